The van der Waals surface area contributed by atoms with E-state index in [9.17, 15) is 9.90 Å². The van der Waals surface area contributed by atoms with Crippen molar-refractivity contribution in [1.82, 2.24) is 5.32 Å². The van der Waals surface area contributed by atoms with Crippen molar-refractivity contribution in [1.29, 1.82) is 0 Å². The van der Waals surface area contributed by atoms with Crippen LogP contribution in [-0.4, -0.2) is 30.3 Å². The summed E-state index contributed by atoms with van der Waals surface area (Å²) in [6, 6.07) is 13.4. The lowest BCUT2D eigenvalue weighted by Gasteiger charge is -2.27. The summed E-state index contributed by atoms with van der Waals surface area (Å²) >= 11 is 5.99. The number of carbonyl (C=O) groups excluding carboxylic acids is 1. The third-order valence-electron chi connectivity index (χ3n) is 4.78. The van der Waals surface area contributed by atoms with Gasteiger partial charge in [0.1, 0.15) is 0 Å². The zero-order valence-electron chi connectivity index (χ0n) is 15.3. The Hall–Kier alpha value is -1.59. The normalized spacial score (nSPS) is 16.8. The third kappa shape index (κ3) is 5.69. The fourth-order valence-electron chi connectivity index (χ4n) is 3.38. The highest BCUT2D eigenvalue weighted by molar-refractivity contribution is 6.30. The number of esters is 1. The van der Waals surface area contributed by atoms with E-state index in [1.54, 1.807) is 12.1 Å². The maximum atomic E-state index is 11.9. The molecule has 2 N–H and O–H groups in total. The highest BCUT2D eigenvalue weighted by atomic mass is 35.5. The quantitative estimate of drug-likeness (QED) is 0.704. The van der Waals surface area contributed by atoms with Crippen LogP contribution in [0.2, 0.25) is 5.02 Å². The largest absolute Gasteiger partial charge is 0.462 e. The molecule has 0 aliphatic heterocycles. The highest BCUT2D eigenvalue weighted by Crippen LogP contribution is 2.24. The molecule has 6 heteroatoms. The second-order valence-corrected chi connectivity index (χ2v) is 7.06. The number of aryl methyl sites for hydroxylation is 1. The standard InChI is InChI=1S/C21H24ClNO3.ClH/c1-2-26-21(25)16-7-6-14-8-9-19(12-17(14)10-16)23-13-20(24)15-4-3-5-18(22)11-15;/h3-7,10-11,19-20,23-24H,2,8-9,12-13H2,1H3;1H. The first-order valence-corrected chi connectivity index (χ1v) is 9.40. The number of aliphatic hydroxyl groups excluding tert-OH is 1. The van der Waals surface area contributed by atoms with Crippen LogP contribution in [0.5, 0.6) is 0 Å². The smallest absolute Gasteiger partial charge is 0.338 e. The minimum absolute atomic E-state index is 0. The van der Waals surface area contributed by atoms with Gasteiger partial charge < -0.3 is 15.2 Å². The number of benzene rings is 2. The summed E-state index contributed by atoms with van der Waals surface area (Å²) in [7, 11) is 0. The summed E-state index contributed by atoms with van der Waals surface area (Å²) in [4.78, 5) is 11.9. The number of carbonyl (C=O) groups is 1. The molecule has 146 valence electrons. The Morgan fingerprint density at radius 3 is 2.85 bits per heavy atom. The lowest BCUT2D eigenvalue weighted by Crippen LogP contribution is -2.37. The molecule has 0 saturated carbocycles. The van der Waals surface area contributed by atoms with Gasteiger partial charge in [0.15, 0.2) is 0 Å². The average molecular weight is 410 g/mol. The number of ether oxygens (including phenoxy) is 1. The molecule has 4 nitrogen and oxygen atoms in total. The van der Waals surface area contributed by atoms with E-state index in [1.165, 1.54) is 11.1 Å². The summed E-state index contributed by atoms with van der Waals surface area (Å²) < 4.78 is 5.08. The summed E-state index contributed by atoms with van der Waals surface area (Å²) in [5.41, 5.74) is 3.87. The van der Waals surface area contributed by atoms with Gasteiger partial charge in [-0.25, -0.2) is 4.79 Å². The molecule has 0 heterocycles. The van der Waals surface area contributed by atoms with Crippen LogP contribution in [0.1, 0.15) is 46.5 Å². The summed E-state index contributed by atoms with van der Waals surface area (Å²) in [6.07, 6.45) is 2.21. The number of halogens is 2. The van der Waals surface area contributed by atoms with E-state index in [1.807, 2.05) is 37.3 Å². The molecule has 2 aromatic rings. The molecule has 2 unspecified atom stereocenters. The molecule has 0 amide bonds. The molecule has 3 rings (SSSR count). The van der Waals surface area contributed by atoms with Gasteiger partial charge >= 0.3 is 5.97 Å². The first-order valence-electron chi connectivity index (χ1n) is 9.02. The van der Waals surface area contributed by atoms with Gasteiger partial charge in [-0.3, -0.25) is 0 Å². The second kappa shape index (κ2) is 10.1. The molecular weight excluding hydrogens is 385 g/mol. The summed E-state index contributed by atoms with van der Waals surface area (Å²) in [5.74, 6) is -0.276. The maximum absolute atomic E-state index is 11.9. The Bertz CT molecular complexity index is 782. The number of rotatable bonds is 6. The van der Waals surface area contributed by atoms with Crippen LogP contribution >= 0.6 is 24.0 Å². The predicted octanol–water partition coefficient (Wildman–Crippen LogP) is 4.12. The first kappa shape index (κ1) is 21.7. The minimum Gasteiger partial charge on any atom is -0.462 e. The number of fused-ring (bicyclic) bond motifs is 1. The summed E-state index contributed by atoms with van der Waals surface area (Å²) in [5, 5.41) is 14.4. The topological polar surface area (TPSA) is 58.6 Å². The molecule has 0 fully saturated rings. The molecule has 0 aromatic heterocycles. The zero-order valence-corrected chi connectivity index (χ0v) is 16.9. The Morgan fingerprint density at radius 1 is 1.30 bits per heavy atom. The van der Waals surface area contributed by atoms with E-state index in [2.05, 4.69) is 5.32 Å². The second-order valence-electron chi connectivity index (χ2n) is 6.62. The van der Waals surface area contributed by atoms with Crippen LogP contribution in [0.4, 0.5) is 0 Å². The number of aliphatic hydroxyl groups is 1. The van der Waals surface area contributed by atoms with Gasteiger partial charge in [0.2, 0.25) is 0 Å². The molecule has 0 spiro atoms. The molecule has 0 saturated heterocycles. The maximum Gasteiger partial charge on any atom is 0.338 e. The number of hydrogen-bond donors (Lipinski definition) is 2. The monoisotopic (exact) mass is 409 g/mol. The van der Waals surface area contributed by atoms with Crippen LogP contribution in [0.15, 0.2) is 42.5 Å². The van der Waals surface area contributed by atoms with Gasteiger partial charge in [-0.2, -0.15) is 0 Å². The molecular formula is C21H25Cl2NO3. The van der Waals surface area contributed by atoms with E-state index in [-0.39, 0.29) is 24.4 Å². The van der Waals surface area contributed by atoms with Gasteiger partial charge in [-0.15, -0.1) is 12.4 Å². The van der Waals surface area contributed by atoms with Crippen LogP contribution in [0.3, 0.4) is 0 Å². The molecule has 2 aromatic carbocycles. The molecule has 1 aliphatic carbocycles. The molecule has 0 bridgehead atoms. The zero-order chi connectivity index (χ0) is 18.5. The fourth-order valence-corrected chi connectivity index (χ4v) is 3.58. The van der Waals surface area contributed by atoms with Crippen molar-refractivity contribution >= 4 is 30.0 Å². The van der Waals surface area contributed by atoms with E-state index < -0.39 is 6.10 Å². The Labute approximate surface area is 171 Å². The first-order chi connectivity index (χ1) is 12.6. The molecule has 0 radical (unpaired) electrons. The Kier molecular flexibility index (Phi) is 8.11. The van der Waals surface area contributed by atoms with Crippen molar-refractivity contribution in [3.05, 3.63) is 69.7 Å². The van der Waals surface area contributed by atoms with Crippen molar-refractivity contribution in [2.75, 3.05) is 13.2 Å². The van der Waals surface area contributed by atoms with Crippen molar-refractivity contribution in [3.8, 4) is 0 Å². The van der Waals surface area contributed by atoms with E-state index >= 15 is 0 Å². The van der Waals surface area contributed by atoms with E-state index in [0.29, 0.717) is 23.7 Å². The Morgan fingerprint density at radius 2 is 2.11 bits per heavy atom. The summed E-state index contributed by atoms with van der Waals surface area (Å²) in [6.45, 7) is 2.65. The fraction of sp³-hybridized carbons (Fsp3) is 0.381. The SMILES string of the molecule is CCOC(=O)c1ccc2c(c1)CC(NCC(O)c1cccc(Cl)c1)CC2.Cl. The van der Waals surface area contributed by atoms with Crippen LogP contribution < -0.4 is 5.32 Å². The van der Waals surface area contributed by atoms with Crippen molar-refractivity contribution < 1.29 is 14.6 Å². The van der Waals surface area contributed by atoms with Crippen LogP contribution in [0, 0.1) is 0 Å². The van der Waals surface area contributed by atoms with Gasteiger partial charge in [0.05, 0.1) is 18.3 Å². The van der Waals surface area contributed by atoms with Gasteiger partial charge in [0, 0.05) is 17.6 Å². The lowest BCUT2D eigenvalue weighted by molar-refractivity contribution is 0.0526. The third-order valence-corrected chi connectivity index (χ3v) is 5.01. The van der Waals surface area contributed by atoms with Crippen molar-refractivity contribution in [2.24, 2.45) is 0 Å². The van der Waals surface area contributed by atoms with E-state index in [4.69, 9.17) is 16.3 Å². The number of hydrogen-bond acceptors (Lipinski definition) is 4. The molecule has 1 aliphatic rings. The van der Waals surface area contributed by atoms with Crippen LogP contribution in [-0.2, 0) is 17.6 Å². The van der Waals surface area contributed by atoms with E-state index in [0.717, 1.165) is 24.8 Å². The van der Waals surface area contributed by atoms with Crippen LogP contribution in [0.25, 0.3) is 0 Å². The van der Waals surface area contributed by atoms with Crippen molar-refractivity contribution in [2.45, 2.75) is 38.3 Å². The minimum atomic E-state index is -0.596. The highest BCUT2D eigenvalue weighted by Gasteiger charge is 2.21. The average Bonchev–Trinajstić information content (AvgIpc) is 2.65. The molecule has 27 heavy (non-hydrogen) atoms. The van der Waals surface area contributed by atoms with Gasteiger partial charge in [-0.05, 0) is 67.1 Å². The molecule has 2 atom stereocenters. The van der Waals surface area contributed by atoms with Gasteiger partial charge in [0.25, 0.3) is 0 Å². The van der Waals surface area contributed by atoms with Gasteiger partial charge in [-0.1, -0.05) is 29.8 Å². The lowest BCUT2D eigenvalue weighted by atomic mass is 9.87. The van der Waals surface area contributed by atoms with Crippen molar-refractivity contribution in [3.63, 3.8) is 0 Å². The Balaban J connectivity index is 0.00000261. The predicted molar refractivity (Wildman–Crippen MR) is 110 cm³/mol. The number of nitrogens with one attached hydrogen (secondary N) is 1.